The van der Waals surface area contributed by atoms with E-state index in [1.165, 1.54) is 49.0 Å². The summed E-state index contributed by atoms with van der Waals surface area (Å²) in [4.78, 5) is 2.94. The summed E-state index contributed by atoms with van der Waals surface area (Å²) in [7, 11) is 0. The highest BCUT2D eigenvalue weighted by Gasteiger charge is 2.46. The van der Waals surface area contributed by atoms with Crippen LogP contribution in [0, 0.1) is 0 Å². The van der Waals surface area contributed by atoms with Crippen molar-refractivity contribution < 1.29 is 0 Å². The SMILES string of the molecule is NCC1(c2sc3c(c2Cl)CCCC3)CC1. The molecule has 0 bridgehead atoms. The van der Waals surface area contributed by atoms with Gasteiger partial charge >= 0.3 is 0 Å². The van der Waals surface area contributed by atoms with Crippen LogP contribution in [-0.2, 0) is 18.3 Å². The molecule has 82 valence electrons. The minimum atomic E-state index is 0.277. The number of hydrogen-bond acceptors (Lipinski definition) is 2. The summed E-state index contributed by atoms with van der Waals surface area (Å²) < 4.78 is 0. The van der Waals surface area contributed by atoms with Gasteiger partial charge in [-0.3, -0.25) is 0 Å². The summed E-state index contributed by atoms with van der Waals surface area (Å²) in [5.41, 5.74) is 7.60. The molecule has 1 nitrogen and oxygen atoms in total. The zero-order valence-electron chi connectivity index (χ0n) is 8.81. The minimum absolute atomic E-state index is 0.277. The van der Waals surface area contributed by atoms with E-state index in [2.05, 4.69) is 0 Å². The fourth-order valence-electron chi connectivity index (χ4n) is 2.54. The van der Waals surface area contributed by atoms with E-state index in [0.29, 0.717) is 0 Å². The topological polar surface area (TPSA) is 26.0 Å². The summed E-state index contributed by atoms with van der Waals surface area (Å²) >= 11 is 8.44. The van der Waals surface area contributed by atoms with E-state index in [1.807, 2.05) is 11.3 Å². The lowest BCUT2D eigenvalue weighted by Crippen LogP contribution is -2.18. The lowest BCUT2D eigenvalue weighted by atomic mass is 9.97. The van der Waals surface area contributed by atoms with Crippen LogP contribution in [0.25, 0.3) is 0 Å². The van der Waals surface area contributed by atoms with Gasteiger partial charge in [-0.1, -0.05) is 11.6 Å². The molecule has 0 radical (unpaired) electrons. The smallest absolute Gasteiger partial charge is 0.0586 e. The predicted molar refractivity (Wildman–Crippen MR) is 65.9 cm³/mol. The van der Waals surface area contributed by atoms with Crippen LogP contribution < -0.4 is 5.73 Å². The molecule has 1 fully saturated rings. The molecule has 2 aliphatic rings. The predicted octanol–water partition coefficient (Wildman–Crippen LogP) is 3.27. The van der Waals surface area contributed by atoms with Gasteiger partial charge in [0, 0.05) is 21.7 Å². The Morgan fingerprint density at radius 1 is 1.27 bits per heavy atom. The molecule has 1 saturated carbocycles. The number of nitrogens with two attached hydrogens (primary N) is 1. The summed E-state index contributed by atoms with van der Waals surface area (Å²) in [5, 5.41) is 1.07. The van der Waals surface area contributed by atoms with Gasteiger partial charge in [0.25, 0.3) is 0 Å². The fourth-order valence-corrected chi connectivity index (χ4v) is 4.66. The largest absolute Gasteiger partial charge is 0.330 e. The number of thiophene rings is 1. The molecule has 2 aliphatic carbocycles. The quantitative estimate of drug-likeness (QED) is 0.845. The van der Waals surface area contributed by atoms with Crippen molar-refractivity contribution in [2.45, 2.75) is 43.9 Å². The highest BCUT2D eigenvalue weighted by atomic mass is 35.5. The maximum Gasteiger partial charge on any atom is 0.0586 e. The van der Waals surface area contributed by atoms with Crippen LogP contribution >= 0.6 is 22.9 Å². The van der Waals surface area contributed by atoms with Gasteiger partial charge in [0.1, 0.15) is 0 Å². The van der Waals surface area contributed by atoms with Crippen LogP contribution in [0.5, 0.6) is 0 Å². The van der Waals surface area contributed by atoms with Crippen molar-refractivity contribution in [3.8, 4) is 0 Å². The Labute approximate surface area is 99.6 Å². The first-order chi connectivity index (χ1) is 7.27. The zero-order chi connectivity index (χ0) is 10.5. The van der Waals surface area contributed by atoms with Crippen molar-refractivity contribution in [1.82, 2.24) is 0 Å². The molecular formula is C12H16ClNS. The van der Waals surface area contributed by atoms with Crippen molar-refractivity contribution in [3.05, 3.63) is 20.3 Å². The summed E-state index contributed by atoms with van der Waals surface area (Å²) in [6, 6.07) is 0. The Balaban J connectivity index is 2.06. The normalized spacial score (nSPS) is 22.5. The number of hydrogen-bond donors (Lipinski definition) is 1. The number of aryl methyl sites for hydroxylation is 1. The van der Waals surface area contributed by atoms with Gasteiger partial charge in [-0.25, -0.2) is 0 Å². The Bertz CT molecular complexity index is 393. The van der Waals surface area contributed by atoms with Gasteiger partial charge < -0.3 is 5.73 Å². The van der Waals surface area contributed by atoms with E-state index in [1.54, 1.807) is 4.88 Å². The van der Waals surface area contributed by atoms with E-state index in [0.717, 1.165) is 11.6 Å². The first kappa shape index (κ1) is 10.1. The molecule has 0 amide bonds. The minimum Gasteiger partial charge on any atom is -0.330 e. The first-order valence-corrected chi connectivity index (χ1v) is 6.97. The maximum atomic E-state index is 6.50. The van der Waals surface area contributed by atoms with Gasteiger partial charge in [0.05, 0.1) is 5.02 Å². The summed E-state index contributed by atoms with van der Waals surface area (Å²) in [5.74, 6) is 0. The van der Waals surface area contributed by atoms with Gasteiger partial charge in [0.15, 0.2) is 0 Å². The molecule has 1 aromatic rings. The highest BCUT2D eigenvalue weighted by Crippen LogP contribution is 2.54. The molecule has 3 heteroatoms. The molecule has 1 aromatic heterocycles. The number of fused-ring (bicyclic) bond motifs is 1. The van der Waals surface area contributed by atoms with Crippen molar-refractivity contribution in [2.24, 2.45) is 5.73 Å². The molecule has 0 atom stereocenters. The Kier molecular flexibility index (Phi) is 2.35. The lowest BCUT2D eigenvalue weighted by molar-refractivity contribution is 0.694. The Hall–Kier alpha value is -0.0500. The summed E-state index contributed by atoms with van der Waals surface area (Å²) in [6.07, 6.45) is 7.54. The lowest BCUT2D eigenvalue weighted by Gasteiger charge is -2.11. The van der Waals surface area contributed by atoms with Crippen molar-refractivity contribution in [3.63, 3.8) is 0 Å². The second kappa shape index (κ2) is 3.47. The van der Waals surface area contributed by atoms with Gasteiger partial charge in [-0.2, -0.15) is 0 Å². The zero-order valence-corrected chi connectivity index (χ0v) is 10.4. The second-order valence-corrected chi connectivity index (χ2v) is 6.32. The Morgan fingerprint density at radius 3 is 2.60 bits per heavy atom. The first-order valence-electron chi connectivity index (χ1n) is 5.77. The Morgan fingerprint density at radius 2 is 2.00 bits per heavy atom. The van der Waals surface area contributed by atoms with E-state index < -0.39 is 0 Å². The monoisotopic (exact) mass is 241 g/mol. The molecule has 1 heterocycles. The molecule has 15 heavy (non-hydrogen) atoms. The second-order valence-electron chi connectivity index (χ2n) is 4.84. The third kappa shape index (κ3) is 1.46. The standard InChI is InChI=1S/C12H16ClNS/c13-10-8-3-1-2-4-9(8)15-11(10)12(7-14)5-6-12/h1-7,14H2. The van der Waals surface area contributed by atoms with E-state index in [9.17, 15) is 0 Å². The van der Waals surface area contributed by atoms with Crippen LogP contribution in [-0.4, -0.2) is 6.54 Å². The van der Waals surface area contributed by atoms with Crippen molar-refractivity contribution in [2.75, 3.05) is 6.54 Å². The summed E-state index contributed by atoms with van der Waals surface area (Å²) in [6.45, 7) is 0.770. The van der Waals surface area contributed by atoms with Gasteiger partial charge in [-0.15, -0.1) is 11.3 Å². The molecule has 0 unspecified atom stereocenters. The third-order valence-corrected chi connectivity index (χ3v) is 5.90. The van der Waals surface area contributed by atoms with Crippen LogP contribution in [0.1, 0.15) is 41.0 Å². The van der Waals surface area contributed by atoms with Crippen LogP contribution in [0.15, 0.2) is 0 Å². The number of halogens is 1. The van der Waals surface area contributed by atoms with Crippen LogP contribution in [0.2, 0.25) is 5.02 Å². The van der Waals surface area contributed by atoms with Crippen LogP contribution in [0.3, 0.4) is 0 Å². The molecule has 0 aliphatic heterocycles. The van der Waals surface area contributed by atoms with Crippen molar-refractivity contribution in [1.29, 1.82) is 0 Å². The molecule has 0 saturated heterocycles. The van der Waals surface area contributed by atoms with E-state index >= 15 is 0 Å². The third-order valence-electron chi connectivity index (χ3n) is 3.83. The molecule has 0 aromatic carbocycles. The fraction of sp³-hybridized carbons (Fsp3) is 0.667. The van der Waals surface area contributed by atoms with E-state index in [4.69, 9.17) is 17.3 Å². The average Bonchev–Trinajstić information content (AvgIpc) is 3.00. The van der Waals surface area contributed by atoms with E-state index in [-0.39, 0.29) is 5.41 Å². The van der Waals surface area contributed by atoms with Crippen LogP contribution in [0.4, 0.5) is 0 Å². The van der Waals surface area contributed by atoms with Gasteiger partial charge in [0.2, 0.25) is 0 Å². The maximum absolute atomic E-state index is 6.50. The molecular weight excluding hydrogens is 226 g/mol. The molecule has 2 N–H and O–H groups in total. The van der Waals surface area contributed by atoms with Crippen molar-refractivity contribution >= 4 is 22.9 Å². The van der Waals surface area contributed by atoms with Gasteiger partial charge in [-0.05, 0) is 44.1 Å². The number of rotatable bonds is 2. The molecule has 3 rings (SSSR count). The molecule has 0 spiro atoms. The average molecular weight is 242 g/mol. The highest BCUT2D eigenvalue weighted by molar-refractivity contribution is 7.13.